The highest BCUT2D eigenvalue weighted by Gasteiger charge is 2.17. The van der Waals surface area contributed by atoms with Crippen molar-refractivity contribution in [3.05, 3.63) is 59.5 Å². The van der Waals surface area contributed by atoms with E-state index in [2.05, 4.69) is 5.32 Å². The van der Waals surface area contributed by atoms with Gasteiger partial charge in [0.1, 0.15) is 5.76 Å². The molecule has 1 aromatic carbocycles. The Morgan fingerprint density at radius 1 is 1.26 bits per heavy atom. The first kappa shape index (κ1) is 13.4. The number of benzene rings is 1. The van der Waals surface area contributed by atoms with Crippen LogP contribution in [0.3, 0.4) is 0 Å². The molecule has 4 heteroatoms. The van der Waals surface area contributed by atoms with E-state index in [0.717, 1.165) is 17.7 Å². The monoisotopic (exact) mass is 259 g/mol. The Hall–Kier alpha value is -2.07. The number of hydrogen-bond donors (Lipinski definition) is 2. The fraction of sp³-hybridized carbons (Fsp3) is 0.267. The maximum absolute atomic E-state index is 12.0. The number of amides is 1. The van der Waals surface area contributed by atoms with Crippen molar-refractivity contribution >= 4 is 5.91 Å². The molecule has 0 aliphatic rings. The Balaban J connectivity index is 2.08. The van der Waals surface area contributed by atoms with Gasteiger partial charge in [-0.15, -0.1) is 0 Å². The Kier molecular flexibility index (Phi) is 4.36. The fourth-order valence-corrected chi connectivity index (χ4v) is 1.84. The molecule has 1 aromatic heterocycles. The minimum atomic E-state index is -0.427. The molecule has 0 spiro atoms. The van der Waals surface area contributed by atoms with E-state index in [0.29, 0.717) is 0 Å². The van der Waals surface area contributed by atoms with E-state index in [1.807, 2.05) is 37.3 Å². The van der Waals surface area contributed by atoms with Gasteiger partial charge in [-0.3, -0.25) is 4.79 Å². The standard InChI is InChI=1S/C15H17NO3/c1-2-12-8-9-14(19-12)15(18)16-13(10-17)11-6-4-3-5-7-11/h3-9,13,17H,2,10H2,1H3,(H,16,18). The second-order valence-electron chi connectivity index (χ2n) is 4.24. The van der Waals surface area contributed by atoms with Crippen molar-refractivity contribution in [2.45, 2.75) is 19.4 Å². The Bertz CT molecular complexity index is 533. The molecule has 4 nitrogen and oxygen atoms in total. The van der Waals surface area contributed by atoms with Crippen LogP contribution in [0.4, 0.5) is 0 Å². The van der Waals surface area contributed by atoms with Crippen LogP contribution in [0.1, 0.15) is 34.8 Å². The minimum Gasteiger partial charge on any atom is -0.456 e. The summed E-state index contributed by atoms with van der Waals surface area (Å²) < 4.78 is 5.38. The van der Waals surface area contributed by atoms with E-state index in [-0.39, 0.29) is 18.3 Å². The van der Waals surface area contributed by atoms with Crippen molar-refractivity contribution in [1.29, 1.82) is 0 Å². The Morgan fingerprint density at radius 3 is 2.58 bits per heavy atom. The fourth-order valence-electron chi connectivity index (χ4n) is 1.84. The van der Waals surface area contributed by atoms with Gasteiger partial charge in [-0.2, -0.15) is 0 Å². The Morgan fingerprint density at radius 2 is 2.00 bits per heavy atom. The first-order chi connectivity index (χ1) is 9.24. The highest BCUT2D eigenvalue weighted by Crippen LogP contribution is 2.14. The summed E-state index contributed by atoms with van der Waals surface area (Å²) in [5, 5.41) is 12.1. The maximum Gasteiger partial charge on any atom is 0.287 e. The summed E-state index contributed by atoms with van der Waals surface area (Å²) in [4.78, 5) is 12.0. The first-order valence-electron chi connectivity index (χ1n) is 6.30. The molecule has 2 aromatic rings. The lowest BCUT2D eigenvalue weighted by atomic mass is 10.1. The van der Waals surface area contributed by atoms with Crippen LogP contribution in [0.15, 0.2) is 46.9 Å². The van der Waals surface area contributed by atoms with Crippen molar-refractivity contribution in [3.8, 4) is 0 Å². The van der Waals surface area contributed by atoms with Crippen LogP contribution < -0.4 is 5.32 Å². The van der Waals surface area contributed by atoms with Crippen LogP contribution in [0.25, 0.3) is 0 Å². The summed E-state index contributed by atoms with van der Waals surface area (Å²) in [5.41, 5.74) is 0.862. The average molecular weight is 259 g/mol. The zero-order valence-electron chi connectivity index (χ0n) is 10.8. The van der Waals surface area contributed by atoms with E-state index in [9.17, 15) is 9.90 Å². The van der Waals surface area contributed by atoms with Crippen molar-refractivity contribution in [3.63, 3.8) is 0 Å². The number of carbonyl (C=O) groups is 1. The van der Waals surface area contributed by atoms with Gasteiger partial charge in [0.15, 0.2) is 5.76 Å². The third-order valence-corrected chi connectivity index (χ3v) is 2.92. The number of carbonyl (C=O) groups excluding carboxylic acids is 1. The number of nitrogens with one attached hydrogen (secondary N) is 1. The summed E-state index contributed by atoms with van der Waals surface area (Å²) in [6, 6.07) is 12.3. The average Bonchev–Trinajstić information content (AvgIpc) is 2.94. The number of aliphatic hydroxyl groups is 1. The zero-order valence-corrected chi connectivity index (χ0v) is 10.8. The normalized spacial score (nSPS) is 12.1. The summed E-state index contributed by atoms with van der Waals surface area (Å²) in [7, 11) is 0. The van der Waals surface area contributed by atoms with Crippen molar-refractivity contribution in [2.24, 2.45) is 0 Å². The van der Waals surface area contributed by atoms with Crippen LogP contribution in [0.2, 0.25) is 0 Å². The van der Waals surface area contributed by atoms with Gasteiger partial charge in [-0.05, 0) is 17.7 Å². The predicted molar refractivity (Wildman–Crippen MR) is 71.8 cm³/mol. The largest absolute Gasteiger partial charge is 0.456 e. The molecule has 19 heavy (non-hydrogen) atoms. The van der Waals surface area contributed by atoms with Gasteiger partial charge in [-0.1, -0.05) is 37.3 Å². The van der Waals surface area contributed by atoms with Gasteiger partial charge in [0.2, 0.25) is 0 Å². The van der Waals surface area contributed by atoms with Gasteiger partial charge in [-0.25, -0.2) is 0 Å². The number of rotatable bonds is 5. The molecule has 0 saturated heterocycles. The van der Waals surface area contributed by atoms with Crippen LogP contribution in [-0.4, -0.2) is 17.6 Å². The van der Waals surface area contributed by atoms with Crippen LogP contribution in [-0.2, 0) is 6.42 Å². The number of aryl methyl sites for hydroxylation is 1. The molecule has 0 aliphatic heterocycles. The Labute approximate surface area is 112 Å². The molecule has 0 saturated carbocycles. The second kappa shape index (κ2) is 6.20. The van der Waals surface area contributed by atoms with E-state index >= 15 is 0 Å². The van der Waals surface area contributed by atoms with E-state index in [1.54, 1.807) is 12.1 Å². The highest BCUT2D eigenvalue weighted by atomic mass is 16.3. The smallest absolute Gasteiger partial charge is 0.287 e. The van der Waals surface area contributed by atoms with Crippen molar-refractivity contribution in [2.75, 3.05) is 6.61 Å². The third-order valence-electron chi connectivity index (χ3n) is 2.92. The van der Waals surface area contributed by atoms with E-state index < -0.39 is 6.04 Å². The van der Waals surface area contributed by atoms with Crippen molar-refractivity contribution < 1.29 is 14.3 Å². The number of furan rings is 1. The molecule has 0 fully saturated rings. The predicted octanol–water partition coefficient (Wildman–Crippen LogP) is 2.31. The van der Waals surface area contributed by atoms with E-state index in [4.69, 9.17) is 4.42 Å². The highest BCUT2D eigenvalue weighted by molar-refractivity contribution is 5.91. The molecule has 100 valence electrons. The first-order valence-corrected chi connectivity index (χ1v) is 6.30. The lowest BCUT2D eigenvalue weighted by molar-refractivity contribution is 0.0886. The molecule has 0 aliphatic carbocycles. The maximum atomic E-state index is 12.0. The van der Waals surface area contributed by atoms with Crippen LogP contribution >= 0.6 is 0 Å². The second-order valence-corrected chi connectivity index (χ2v) is 4.24. The molecule has 1 unspecified atom stereocenters. The molecule has 2 N–H and O–H groups in total. The molecule has 2 rings (SSSR count). The van der Waals surface area contributed by atoms with Crippen LogP contribution in [0.5, 0.6) is 0 Å². The zero-order chi connectivity index (χ0) is 13.7. The van der Waals surface area contributed by atoms with E-state index in [1.165, 1.54) is 0 Å². The molecule has 1 atom stereocenters. The molecular weight excluding hydrogens is 242 g/mol. The van der Waals surface area contributed by atoms with Gasteiger partial charge in [0, 0.05) is 6.42 Å². The topological polar surface area (TPSA) is 62.5 Å². The molecule has 1 amide bonds. The van der Waals surface area contributed by atoms with Crippen molar-refractivity contribution in [1.82, 2.24) is 5.32 Å². The summed E-state index contributed by atoms with van der Waals surface area (Å²) in [6.07, 6.45) is 0.745. The number of aliphatic hydroxyl groups excluding tert-OH is 1. The lowest BCUT2D eigenvalue weighted by Crippen LogP contribution is -2.30. The summed E-state index contributed by atoms with van der Waals surface area (Å²) in [5.74, 6) is 0.722. The SMILES string of the molecule is CCc1ccc(C(=O)NC(CO)c2ccccc2)o1. The molecule has 1 heterocycles. The third kappa shape index (κ3) is 3.23. The van der Waals surface area contributed by atoms with Gasteiger partial charge < -0.3 is 14.8 Å². The summed E-state index contributed by atoms with van der Waals surface area (Å²) >= 11 is 0. The van der Waals surface area contributed by atoms with Crippen LogP contribution in [0, 0.1) is 0 Å². The van der Waals surface area contributed by atoms with Gasteiger partial charge in [0.05, 0.1) is 12.6 Å². The minimum absolute atomic E-state index is 0.156. The van der Waals surface area contributed by atoms with Gasteiger partial charge in [0.25, 0.3) is 5.91 Å². The molecule has 0 bridgehead atoms. The molecule has 0 radical (unpaired) electrons. The van der Waals surface area contributed by atoms with Gasteiger partial charge >= 0.3 is 0 Å². The number of hydrogen-bond acceptors (Lipinski definition) is 3. The summed E-state index contributed by atoms with van der Waals surface area (Å²) in [6.45, 7) is 1.80. The molecular formula is C15H17NO3. The lowest BCUT2D eigenvalue weighted by Gasteiger charge is -2.15. The quantitative estimate of drug-likeness (QED) is 0.866.